The van der Waals surface area contributed by atoms with Crippen LogP contribution in [-0.2, 0) is 4.79 Å². The first-order valence-corrected chi connectivity index (χ1v) is 7.81. The molecular weight excluding hydrogens is 236 g/mol. The van der Waals surface area contributed by atoms with Gasteiger partial charge in [0.05, 0.1) is 0 Å². The molecule has 108 valence electrons. The summed E-state index contributed by atoms with van der Waals surface area (Å²) < 4.78 is 0. The molecule has 3 aliphatic rings. The number of amides is 1. The topological polar surface area (TPSA) is 46.3 Å². The Bertz CT molecular complexity index is 388. The number of rotatable bonds is 1. The summed E-state index contributed by atoms with van der Waals surface area (Å²) in [6.45, 7) is 10.8. The highest BCUT2D eigenvalue weighted by Crippen LogP contribution is 2.69. The average molecular weight is 264 g/mol. The lowest BCUT2D eigenvalue weighted by Gasteiger charge is -2.29. The molecule has 1 aliphatic heterocycles. The summed E-state index contributed by atoms with van der Waals surface area (Å²) in [4.78, 5) is 14.9. The van der Waals surface area contributed by atoms with Gasteiger partial charge in [0.2, 0.25) is 5.91 Å². The van der Waals surface area contributed by atoms with E-state index in [-0.39, 0.29) is 16.7 Å². The Balaban J connectivity index is 1.71. The highest BCUT2D eigenvalue weighted by Gasteiger charge is 2.69. The zero-order valence-electron chi connectivity index (χ0n) is 12.8. The van der Waals surface area contributed by atoms with E-state index in [2.05, 4.69) is 32.6 Å². The second kappa shape index (κ2) is 3.97. The highest BCUT2D eigenvalue weighted by atomic mass is 16.2. The first kappa shape index (κ1) is 13.4. The van der Waals surface area contributed by atoms with Crippen LogP contribution in [0.15, 0.2) is 0 Å². The van der Waals surface area contributed by atoms with Crippen molar-refractivity contribution in [1.82, 2.24) is 4.90 Å². The molecule has 0 spiro atoms. The predicted molar refractivity (Wildman–Crippen MR) is 76.4 cm³/mol. The maximum absolute atomic E-state index is 12.8. The summed E-state index contributed by atoms with van der Waals surface area (Å²) in [5.41, 5.74) is 6.55. The Morgan fingerprint density at radius 2 is 1.74 bits per heavy atom. The van der Waals surface area contributed by atoms with Crippen LogP contribution in [0.3, 0.4) is 0 Å². The Kier molecular flexibility index (Phi) is 2.80. The number of hydrogen-bond donors (Lipinski definition) is 1. The van der Waals surface area contributed by atoms with Gasteiger partial charge < -0.3 is 10.6 Å². The third kappa shape index (κ3) is 1.77. The Labute approximate surface area is 116 Å². The van der Waals surface area contributed by atoms with Gasteiger partial charge in [0.1, 0.15) is 0 Å². The maximum Gasteiger partial charge on any atom is 0.226 e. The maximum atomic E-state index is 12.8. The predicted octanol–water partition coefficient (Wildman–Crippen LogP) is 2.25. The average Bonchev–Trinajstić information content (AvgIpc) is 2.67. The van der Waals surface area contributed by atoms with Crippen molar-refractivity contribution in [3.8, 4) is 0 Å². The first-order chi connectivity index (χ1) is 8.76. The minimum absolute atomic E-state index is 0.153. The minimum Gasteiger partial charge on any atom is -0.342 e. The molecule has 2 N–H and O–H groups in total. The molecule has 3 nitrogen and oxygen atoms in total. The van der Waals surface area contributed by atoms with Crippen LogP contribution >= 0.6 is 0 Å². The number of fused-ring (bicyclic) bond motifs is 1. The quantitative estimate of drug-likeness (QED) is 0.789. The van der Waals surface area contributed by atoms with Gasteiger partial charge in [-0.25, -0.2) is 0 Å². The summed E-state index contributed by atoms with van der Waals surface area (Å²) in [7, 11) is 0. The lowest BCUT2D eigenvalue weighted by molar-refractivity contribution is -0.133. The van der Waals surface area contributed by atoms with Crippen LogP contribution in [0.1, 0.15) is 47.0 Å². The fourth-order valence-electron chi connectivity index (χ4n) is 4.69. The van der Waals surface area contributed by atoms with Crippen molar-refractivity contribution in [1.29, 1.82) is 0 Å². The van der Waals surface area contributed by atoms with E-state index < -0.39 is 0 Å². The van der Waals surface area contributed by atoms with E-state index in [1.54, 1.807) is 0 Å². The molecule has 2 saturated carbocycles. The van der Waals surface area contributed by atoms with E-state index in [9.17, 15) is 4.79 Å². The summed E-state index contributed by atoms with van der Waals surface area (Å²) >= 11 is 0. The molecule has 1 heterocycles. The van der Waals surface area contributed by atoms with Crippen LogP contribution in [-0.4, -0.2) is 29.9 Å². The summed E-state index contributed by atoms with van der Waals surface area (Å²) in [6.07, 6.45) is 3.65. The Morgan fingerprint density at radius 1 is 1.11 bits per heavy atom. The van der Waals surface area contributed by atoms with Gasteiger partial charge in [-0.2, -0.15) is 0 Å². The monoisotopic (exact) mass is 264 g/mol. The molecule has 0 bridgehead atoms. The van der Waals surface area contributed by atoms with Crippen LogP contribution in [0.2, 0.25) is 0 Å². The molecule has 0 aromatic carbocycles. The number of nitrogens with zero attached hydrogens (tertiary/aromatic N) is 1. The molecule has 1 saturated heterocycles. The van der Waals surface area contributed by atoms with Crippen molar-refractivity contribution < 1.29 is 4.79 Å². The Morgan fingerprint density at radius 3 is 2.26 bits per heavy atom. The normalized spacial score (nSPS) is 40.1. The molecule has 3 rings (SSSR count). The van der Waals surface area contributed by atoms with Crippen molar-refractivity contribution in [2.75, 3.05) is 13.1 Å². The van der Waals surface area contributed by atoms with Crippen LogP contribution in [0, 0.1) is 28.6 Å². The molecule has 0 aromatic rings. The zero-order valence-corrected chi connectivity index (χ0v) is 12.8. The van der Waals surface area contributed by atoms with E-state index >= 15 is 0 Å². The highest BCUT2D eigenvalue weighted by molar-refractivity contribution is 5.84. The molecule has 1 amide bonds. The van der Waals surface area contributed by atoms with Gasteiger partial charge in [0.25, 0.3) is 0 Å². The van der Waals surface area contributed by atoms with Crippen LogP contribution in [0.25, 0.3) is 0 Å². The second-order valence-electron chi connectivity index (χ2n) is 8.14. The van der Waals surface area contributed by atoms with E-state index in [0.717, 1.165) is 19.5 Å². The second-order valence-corrected chi connectivity index (χ2v) is 8.14. The lowest BCUT2D eigenvalue weighted by Crippen LogP contribution is -2.38. The lowest BCUT2D eigenvalue weighted by atomic mass is 9.78. The van der Waals surface area contributed by atoms with E-state index in [0.29, 0.717) is 23.8 Å². The van der Waals surface area contributed by atoms with E-state index in [1.165, 1.54) is 12.8 Å². The largest absolute Gasteiger partial charge is 0.342 e. The fourth-order valence-corrected chi connectivity index (χ4v) is 4.69. The van der Waals surface area contributed by atoms with E-state index in [4.69, 9.17) is 5.73 Å². The van der Waals surface area contributed by atoms with Crippen molar-refractivity contribution in [3.05, 3.63) is 0 Å². The van der Waals surface area contributed by atoms with Crippen molar-refractivity contribution >= 4 is 5.91 Å². The van der Waals surface area contributed by atoms with Crippen molar-refractivity contribution in [3.63, 3.8) is 0 Å². The number of hydrogen-bond acceptors (Lipinski definition) is 2. The van der Waals surface area contributed by atoms with Crippen LogP contribution in [0.4, 0.5) is 0 Å². The molecule has 3 heteroatoms. The number of nitrogens with two attached hydrogens (primary N) is 1. The van der Waals surface area contributed by atoms with Gasteiger partial charge in [-0.05, 0) is 35.5 Å². The van der Waals surface area contributed by atoms with Crippen LogP contribution in [0.5, 0.6) is 0 Å². The summed E-state index contributed by atoms with van der Waals surface area (Å²) in [5.74, 6) is 1.81. The SMILES string of the molecule is CC1(C)C(C(=O)N2CC3CCCC(N)C3C2)C1(C)C. The third-order valence-corrected chi connectivity index (χ3v) is 6.73. The smallest absolute Gasteiger partial charge is 0.226 e. The first-order valence-electron chi connectivity index (χ1n) is 7.81. The van der Waals surface area contributed by atoms with Crippen molar-refractivity contribution in [2.45, 2.75) is 53.0 Å². The molecule has 3 atom stereocenters. The fraction of sp³-hybridized carbons (Fsp3) is 0.938. The summed E-state index contributed by atoms with van der Waals surface area (Å²) in [6, 6.07) is 0.316. The standard InChI is InChI=1S/C16H28N2O/c1-15(2)13(16(15,3)4)14(19)18-8-10-6-5-7-12(17)11(10)9-18/h10-13H,5-9,17H2,1-4H3. The third-order valence-electron chi connectivity index (χ3n) is 6.73. The summed E-state index contributed by atoms with van der Waals surface area (Å²) in [5, 5.41) is 0. The molecule has 3 fully saturated rings. The van der Waals surface area contributed by atoms with Gasteiger partial charge in [0.15, 0.2) is 0 Å². The molecule has 0 aromatic heterocycles. The molecular formula is C16H28N2O. The minimum atomic E-state index is 0.153. The van der Waals surface area contributed by atoms with Gasteiger partial charge in [-0.3, -0.25) is 4.79 Å². The number of carbonyl (C=O) groups excluding carboxylic acids is 1. The molecule has 0 radical (unpaired) electrons. The molecule has 2 aliphatic carbocycles. The van der Waals surface area contributed by atoms with Gasteiger partial charge in [-0.15, -0.1) is 0 Å². The van der Waals surface area contributed by atoms with Gasteiger partial charge >= 0.3 is 0 Å². The number of likely N-dealkylation sites (tertiary alicyclic amines) is 1. The van der Waals surface area contributed by atoms with Gasteiger partial charge in [0, 0.05) is 25.0 Å². The molecule has 19 heavy (non-hydrogen) atoms. The van der Waals surface area contributed by atoms with Crippen LogP contribution < -0.4 is 5.73 Å². The van der Waals surface area contributed by atoms with Crippen molar-refractivity contribution in [2.24, 2.45) is 34.3 Å². The zero-order chi connectivity index (χ0) is 14.0. The number of carbonyl (C=O) groups is 1. The van der Waals surface area contributed by atoms with E-state index in [1.807, 2.05) is 0 Å². The molecule has 3 unspecified atom stereocenters. The Hall–Kier alpha value is -0.570. The van der Waals surface area contributed by atoms with Gasteiger partial charge in [-0.1, -0.05) is 34.1 Å².